The fourth-order valence-electron chi connectivity index (χ4n) is 4.48. The van der Waals surface area contributed by atoms with Crippen molar-refractivity contribution in [2.75, 3.05) is 0 Å². The van der Waals surface area contributed by atoms with Crippen LogP contribution >= 0.6 is 0 Å². The topological polar surface area (TPSA) is 51.1 Å². The second-order valence-corrected chi connectivity index (χ2v) is 7.03. The van der Waals surface area contributed by atoms with Crippen molar-refractivity contribution in [3.05, 3.63) is 71.2 Å². The van der Waals surface area contributed by atoms with Gasteiger partial charge >= 0.3 is 0 Å². The van der Waals surface area contributed by atoms with Gasteiger partial charge in [0.05, 0.1) is 17.4 Å². The first-order valence-electron chi connectivity index (χ1n) is 8.85. The molecule has 130 valence electrons. The Morgan fingerprint density at radius 2 is 1.73 bits per heavy atom. The highest BCUT2D eigenvalue weighted by atomic mass is 19.1. The Bertz CT molecular complexity index is 1070. The normalized spacial score (nSPS) is 22.0. The molecule has 5 rings (SSSR count). The number of aryl methyl sites for hydroxylation is 2. The highest BCUT2D eigenvalue weighted by Gasteiger charge is 2.45. The highest BCUT2D eigenvalue weighted by molar-refractivity contribution is 6.12. The third-order valence-corrected chi connectivity index (χ3v) is 5.58. The highest BCUT2D eigenvalue weighted by Crippen LogP contribution is 2.43. The molecule has 5 heteroatoms. The van der Waals surface area contributed by atoms with Crippen LogP contribution in [0.3, 0.4) is 0 Å². The summed E-state index contributed by atoms with van der Waals surface area (Å²) >= 11 is 0. The molecule has 3 aromatic rings. The smallest absolute Gasteiger partial charge is 0.235 e. The maximum atomic E-state index is 14.4. The van der Waals surface area contributed by atoms with Crippen LogP contribution < -0.4 is 5.32 Å². The van der Waals surface area contributed by atoms with Crippen molar-refractivity contribution in [1.82, 2.24) is 9.88 Å². The summed E-state index contributed by atoms with van der Waals surface area (Å²) in [5.74, 6) is -2.80. The molecular formula is C21H17FN2O2. The molecule has 0 bridgehead atoms. The van der Waals surface area contributed by atoms with E-state index in [0.29, 0.717) is 0 Å². The van der Waals surface area contributed by atoms with E-state index in [1.807, 2.05) is 18.3 Å². The molecule has 1 fully saturated rings. The predicted molar refractivity (Wildman–Crippen MR) is 95.3 cm³/mol. The molecule has 0 radical (unpaired) electrons. The van der Waals surface area contributed by atoms with Crippen LogP contribution in [-0.2, 0) is 22.6 Å². The van der Waals surface area contributed by atoms with Crippen molar-refractivity contribution in [2.45, 2.75) is 31.2 Å². The van der Waals surface area contributed by atoms with Crippen LogP contribution in [0.1, 0.15) is 34.9 Å². The van der Waals surface area contributed by atoms with Crippen LogP contribution in [-0.4, -0.2) is 16.4 Å². The van der Waals surface area contributed by atoms with Gasteiger partial charge in [-0.1, -0.05) is 36.4 Å². The van der Waals surface area contributed by atoms with Crippen molar-refractivity contribution >= 4 is 22.7 Å². The van der Waals surface area contributed by atoms with Crippen molar-refractivity contribution in [3.8, 4) is 0 Å². The number of carbonyl (C=O) groups is 2. The largest absolute Gasteiger partial charge is 0.347 e. The summed E-state index contributed by atoms with van der Waals surface area (Å²) in [6.07, 6.45) is 4.03. The molecule has 0 saturated carbocycles. The minimum atomic E-state index is -0.841. The number of hydrogen-bond acceptors (Lipinski definition) is 2. The number of benzene rings is 2. The van der Waals surface area contributed by atoms with Gasteiger partial charge < -0.3 is 4.57 Å². The fourth-order valence-corrected chi connectivity index (χ4v) is 4.48. The minimum Gasteiger partial charge on any atom is -0.347 e. The average Bonchev–Trinajstić information content (AvgIpc) is 3.14. The van der Waals surface area contributed by atoms with Gasteiger partial charge in [0.2, 0.25) is 11.8 Å². The monoisotopic (exact) mass is 348 g/mol. The van der Waals surface area contributed by atoms with Crippen LogP contribution in [0, 0.1) is 5.82 Å². The molecule has 26 heavy (non-hydrogen) atoms. The van der Waals surface area contributed by atoms with E-state index < -0.39 is 23.6 Å². The lowest BCUT2D eigenvalue weighted by Gasteiger charge is -2.16. The first kappa shape index (κ1) is 15.3. The summed E-state index contributed by atoms with van der Waals surface area (Å²) in [5.41, 5.74) is 3.47. The molecule has 1 saturated heterocycles. The molecular weight excluding hydrogens is 331 g/mol. The van der Waals surface area contributed by atoms with Crippen LogP contribution in [0.25, 0.3) is 10.9 Å². The number of carbonyl (C=O) groups excluding carboxylic acids is 2. The van der Waals surface area contributed by atoms with E-state index in [1.165, 1.54) is 11.6 Å². The molecule has 0 spiro atoms. The summed E-state index contributed by atoms with van der Waals surface area (Å²) in [6, 6.07) is 12.3. The molecule has 3 heterocycles. The van der Waals surface area contributed by atoms with Crippen molar-refractivity contribution < 1.29 is 14.0 Å². The Morgan fingerprint density at radius 3 is 2.54 bits per heavy atom. The number of halogens is 1. The third-order valence-electron chi connectivity index (χ3n) is 5.58. The number of para-hydroxylation sites is 1. The Balaban J connectivity index is 1.73. The lowest BCUT2D eigenvalue weighted by atomic mass is 9.82. The van der Waals surface area contributed by atoms with Crippen LogP contribution in [0.4, 0.5) is 4.39 Å². The van der Waals surface area contributed by atoms with Gasteiger partial charge in [0.15, 0.2) is 0 Å². The van der Waals surface area contributed by atoms with Gasteiger partial charge in [-0.15, -0.1) is 0 Å². The van der Waals surface area contributed by atoms with E-state index in [1.54, 1.807) is 18.2 Å². The predicted octanol–water partition coefficient (Wildman–Crippen LogP) is 3.25. The van der Waals surface area contributed by atoms with Crippen LogP contribution in [0.2, 0.25) is 0 Å². The lowest BCUT2D eigenvalue weighted by Crippen LogP contribution is -2.22. The van der Waals surface area contributed by atoms with E-state index in [2.05, 4.69) is 16.0 Å². The summed E-state index contributed by atoms with van der Waals surface area (Å²) in [4.78, 5) is 25.2. The zero-order valence-corrected chi connectivity index (χ0v) is 14.0. The summed E-state index contributed by atoms with van der Waals surface area (Å²) in [6.45, 7) is 0.889. The zero-order valence-electron chi connectivity index (χ0n) is 14.0. The Kier molecular flexibility index (Phi) is 3.26. The van der Waals surface area contributed by atoms with Gasteiger partial charge in [-0.25, -0.2) is 4.39 Å². The summed E-state index contributed by atoms with van der Waals surface area (Å²) < 4.78 is 16.6. The number of nitrogens with zero attached hydrogens (tertiary/aromatic N) is 1. The van der Waals surface area contributed by atoms with E-state index in [9.17, 15) is 14.0 Å². The second kappa shape index (κ2) is 5.53. The van der Waals surface area contributed by atoms with Gasteiger partial charge in [-0.3, -0.25) is 14.9 Å². The van der Waals surface area contributed by atoms with E-state index in [-0.39, 0.29) is 11.5 Å². The first-order chi connectivity index (χ1) is 12.6. The number of hydrogen-bond donors (Lipinski definition) is 1. The number of amides is 2. The molecule has 0 unspecified atom stereocenters. The molecule has 2 amide bonds. The number of nitrogens with one attached hydrogen (secondary N) is 1. The Hall–Kier alpha value is -2.95. The second-order valence-electron chi connectivity index (χ2n) is 7.03. The van der Waals surface area contributed by atoms with Crippen LogP contribution in [0.15, 0.2) is 48.7 Å². The number of rotatable bonds is 2. The van der Waals surface area contributed by atoms with E-state index in [4.69, 9.17) is 0 Å². The number of aromatic nitrogens is 1. The van der Waals surface area contributed by atoms with E-state index >= 15 is 0 Å². The summed E-state index contributed by atoms with van der Waals surface area (Å²) in [7, 11) is 0. The SMILES string of the molecule is O=C1NC(=O)[C@@H](c2cn3c4c(cccc24)CCC3)[C@@H]1c1ccccc1F. The average molecular weight is 348 g/mol. The zero-order chi connectivity index (χ0) is 17.8. The minimum absolute atomic E-state index is 0.271. The number of imide groups is 1. The van der Waals surface area contributed by atoms with Crippen LogP contribution in [0.5, 0.6) is 0 Å². The summed E-state index contributed by atoms with van der Waals surface area (Å²) in [5, 5.41) is 3.39. The van der Waals surface area contributed by atoms with E-state index in [0.717, 1.165) is 35.9 Å². The molecule has 2 aliphatic heterocycles. The third kappa shape index (κ3) is 2.06. The van der Waals surface area contributed by atoms with Gasteiger partial charge in [0, 0.05) is 23.7 Å². The maximum absolute atomic E-state index is 14.4. The molecule has 2 aromatic carbocycles. The van der Waals surface area contributed by atoms with Gasteiger partial charge in [-0.2, -0.15) is 0 Å². The lowest BCUT2D eigenvalue weighted by molar-refractivity contribution is -0.125. The maximum Gasteiger partial charge on any atom is 0.235 e. The molecule has 2 aliphatic rings. The van der Waals surface area contributed by atoms with Gasteiger partial charge in [0.25, 0.3) is 0 Å². The molecule has 1 N–H and O–H groups in total. The van der Waals surface area contributed by atoms with Gasteiger partial charge in [-0.05, 0) is 30.0 Å². The molecule has 1 aromatic heterocycles. The van der Waals surface area contributed by atoms with Gasteiger partial charge in [0.1, 0.15) is 5.82 Å². The molecule has 0 aliphatic carbocycles. The molecule has 2 atom stereocenters. The van der Waals surface area contributed by atoms with Crippen molar-refractivity contribution in [2.24, 2.45) is 0 Å². The van der Waals surface area contributed by atoms with Crippen molar-refractivity contribution in [1.29, 1.82) is 0 Å². The van der Waals surface area contributed by atoms with Crippen molar-refractivity contribution in [3.63, 3.8) is 0 Å². The standard InChI is InChI=1S/C21H17FN2O2/c22-16-9-2-1-7-14(16)17-18(21(26)23-20(17)25)15-11-24-10-4-6-12-5-3-8-13(15)19(12)24/h1-3,5,7-9,11,17-18H,4,6,10H2,(H,23,25,26)/t17-,18-/m0/s1. The fraction of sp³-hybridized carbons (Fsp3) is 0.238. The Morgan fingerprint density at radius 1 is 0.962 bits per heavy atom. The Labute approximate surface area is 149 Å². The first-order valence-corrected chi connectivity index (χ1v) is 8.85. The quantitative estimate of drug-likeness (QED) is 0.723. The molecule has 4 nitrogen and oxygen atoms in total.